The van der Waals surface area contributed by atoms with Crippen molar-refractivity contribution in [3.05, 3.63) is 52.8 Å². The van der Waals surface area contributed by atoms with E-state index >= 15 is 0 Å². The molecule has 1 aliphatic heterocycles. The molecule has 0 saturated carbocycles. The molecule has 0 unspecified atom stereocenters. The summed E-state index contributed by atoms with van der Waals surface area (Å²) in [7, 11) is -2.74. The van der Waals surface area contributed by atoms with E-state index in [-0.39, 0.29) is 46.5 Å². The topological polar surface area (TPSA) is 158 Å². The predicted octanol–water partition coefficient (Wildman–Crippen LogP) is 0.918. The second-order valence-corrected chi connectivity index (χ2v) is 9.88. The number of anilines is 1. The third-order valence-electron chi connectivity index (χ3n) is 5.12. The standard InChI is InChI=1S/C21H18N4O7S2/c1-32-19(28)11-24-15-7-6-14(34(22,30)31)10-16(15)33-21(24)23-20(29)12-2-4-13(5-3-12)25-17(26)8-9-18(25)27/h2-7,10H,8-9,11H2,1H3,(H2,22,30,31). The fraction of sp³-hybridized carbons (Fsp3) is 0.190. The van der Waals surface area contributed by atoms with Crippen LogP contribution in [0.3, 0.4) is 0 Å². The van der Waals surface area contributed by atoms with Crippen LogP contribution in [0.5, 0.6) is 0 Å². The number of rotatable bonds is 5. The molecule has 176 valence electrons. The molecule has 2 N–H and O–H groups in total. The Morgan fingerprint density at radius 3 is 2.32 bits per heavy atom. The highest BCUT2D eigenvalue weighted by Gasteiger charge is 2.30. The lowest BCUT2D eigenvalue weighted by Gasteiger charge is -2.13. The molecule has 0 aliphatic carbocycles. The van der Waals surface area contributed by atoms with E-state index in [0.717, 1.165) is 16.2 Å². The van der Waals surface area contributed by atoms with Crippen molar-refractivity contribution in [1.29, 1.82) is 0 Å². The maximum absolute atomic E-state index is 12.8. The first-order chi connectivity index (χ1) is 16.1. The number of ether oxygens (including phenoxy) is 1. The zero-order valence-electron chi connectivity index (χ0n) is 17.8. The number of esters is 1. The van der Waals surface area contributed by atoms with Crippen molar-refractivity contribution in [3.63, 3.8) is 0 Å². The number of thiazole rings is 1. The quantitative estimate of drug-likeness (QED) is 0.401. The van der Waals surface area contributed by atoms with Crippen LogP contribution < -0.4 is 14.8 Å². The number of carbonyl (C=O) groups excluding carboxylic acids is 4. The van der Waals surface area contributed by atoms with Gasteiger partial charge in [0.2, 0.25) is 21.8 Å². The van der Waals surface area contributed by atoms with Crippen LogP contribution in [0.4, 0.5) is 5.69 Å². The van der Waals surface area contributed by atoms with E-state index in [1.165, 1.54) is 54.1 Å². The maximum Gasteiger partial charge on any atom is 0.325 e. The van der Waals surface area contributed by atoms with Crippen molar-refractivity contribution in [1.82, 2.24) is 4.57 Å². The number of sulfonamides is 1. The van der Waals surface area contributed by atoms with Crippen LogP contribution in [0.1, 0.15) is 23.2 Å². The average molecular weight is 503 g/mol. The number of nitrogens with zero attached hydrogens (tertiary/aromatic N) is 3. The minimum Gasteiger partial charge on any atom is -0.468 e. The van der Waals surface area contributed by atoms with Crippen molar-refractivity contribution in [2.24, 2.45) is 10.1 Å². The lowest BCUT2D eigenvalue weighted by Crippen LogP contribution is -2.28. The first-order valence-corrected chi connectivity index (χ1v) is 12.2. The molecular formula is C21H18N4O7S2. The molecule has 0 spiro atoms. The van der Waals surface area contributed by atoms with Crippen LogP contribution in [0.15, 0.2) is 52.4 Å². The number of hydrogen-bond donors (Lipinski definition) is 1. The molecule has 4 rings (SSSR count). The fourth-order valence-electron chi connectivity index (χ4n) is 3.43. The first kappa shape index (κ1) is 23.5. The van der Waals surface area contributed by atoms with Gasteiger partial charge in [-0.15, -0.1) is 0 Å². The molecule has 1 aliphatic rings. The van der Waals surface area contributed by atoms with Gasteiger partial charge in [-0.2, -0.15) is 4.99 Å². The number of imide groups is 1. The van der Waals surface area contributed by atoms with Gasteiger partial charge in [-0.25, -0.2) is 13.6 Å². The van der Waals surface area contributed by atoms with Gasteiger partial charge in [0.15, 0.2) is 4.80 Å². The molecule has 0 atom stereocenters. The van der Waals surface area contributed by atoms with E-state index in [4.69, 9.17) is 9.88 Å². The van der Waals surface area contributed by atoms with Gasteiger partial charge in [-0.1, -0.05) is 11.3 Å². The molecule has 0 bridgehead atoms. The van der Waals surface area contributed by atoms with E-state index in [0.29, 0.717) is 15.9 Å². The summed E-state index contributed by atoms with van der Waals surface area (Å²) >= 11 is 1.00. The molecule has 1 fully saturated rings. The number of methoxy groups -OCH3 is 1. The van der Waals surface area contributed by atoms with Gasteiger partial charge in [0.05, 0.1) is 27.9 Å². The number of amides is 3. The Kier molecular flexibility index (Phi) is 6.17. The van der Waals surface area contributed by atoms with Gasteiger partial charge >= 0.3 is 5.97 Å². The van der Waals surface area contributed by atoms with Crippen molar-refractivity contribution in [3.8, 4) is 0 Å². The molecule has 13 heteroatoms. The van der Waals surface area contributed by atoms with Gasteiger partial charge in [-0.3, -0.25) is 24.1 Å². The number of fused-ring (bicyclic) bond motifs is 1. The monoisotopic (exact) mass is 502 g/mol. The molecule has 3 aromatic rings. The van der Waals surface area contributed by atoms with Gasteiger partial charge in [0, 0.05) is 18.4 Å². The molecule has 34 heavy (non-hydrogen) atoms. The Balaban J connectivity index is 1.74. The summed E-state index contributed by atoms with van der Waals surface area (Å²) in [5.74, 6) is -1.83. The number of carbonyl (C=O) groups is 4. The number of aromatic nitrogens is 1. The van der Waals surface area contributed by atoms with Gasteiger partial charge in [0.1, 0.15) is 6.54 Å². The van der Waals surface area contributed by atoms with Crippen LogP contribution in [0.2, 0.25) is 0 Å². The molecule has 2 aromatic carbocycles. The van der Waals surface area contributed by atoms with Crippen molar-refractivity contribution in [2.45, 2.75) is 24.3 Å². The third kappa shape index (κ3) is 4.53. The summed E-state index contributed by atoms with van der Waals surface area (Å²) < 4.78 is 30.0. The van der Waals surface area contributed by atoms with Crippen molar-refractivity contribution < 1.29 is 32.3 Å². The SMILES string of the molecule is COC(=O)Cn1c(=NC(=O)c2ccc(N3C(=O)CCC3=O)cc2)sc2cc(S(N)(=O)=O)ccc21. The predicted molar refractivity (Wildman–Crippen MR) is 121 cm³/mol. The molecule has 3 amide bonds. The molecule has 11 nitrogen and oxygen atoms in total. The van der Waals surface area contributed by atoms with Crippen molar-refractivity contribution in [2.75, 3.05) is 12.0 Å². The molecule has 0 radical (unpaired) electrons. The molecular weight excluding hydrogens is 484 g/mol. The largest absolute Gasteiger partial charge is 0.468 e. The smallest absolute Gasteiger partial charge is 0.325 e. The Morgan fingerprint density at radius 2 is 1.74 bits per heavy atom. The van der Waals surface area contributed by atoms with Crippen LogP contribution in [0, 0.1) is 0 Å². The number of hydrogen-bond acceptors (Lipinski definition) is 8. The second kappa shape index (κ2) is 8.93. The Hall–Kier alpha value is -3.68. The van der Waals surface area contributed by atoms with Crippen LogP contribution in [-0.4, -0.2) is 43.8 Å². The minimum absolute atomic E-state index is 0.119. The van der Waals surface area contributed by atoms with E-state index < -0.39 is 21.9 Å². The zero-order valence-corrected chi connectivity index (χ0v) is 19.4. The highest BCUT2D eigenvalue weighted by Crippen LogP contribution is 2.24. The van der Waals surface area contributed by atoms with Crippen LogP contribution in [0.25, 0.3) is 10.2 Å². The van der Waals surface area contributed by atoms with E-state index in [1.807, 2.05) is 0 Å². The van der Waals surface area contributed by atoms with Gasteiger partial charge in [0.25, 0.3) is 5.91 Å². The molecule has 1 aromatic heterocycles. The lowest BCUT2D eigenvalue weighted by atomic mass is 10.2. The van der Waals surface area contributed by atoms with Crippen molar-refractivity contribution >= 4 is 61.0 Å². The summed E-state index contributed by atoms with van der Waals surface area (Å²) in [5.41, 5.74) is 1.02. The van der Waals surface area contributed by atoms with E-state index in [9.17, 15) is 27.6 Å². The van der Waals surface area contributed by atoms with E-state index in [1.54, 1.807) is 0 Å². The normalized spacial score (nSPS) is 14.8. The first-order valence-electron chi connectivity index (χ1n) is 9.86. The minimum atomic E-state index is -3.95. The summed E-state index contributed by atoms with van der Waals surface area (Å²) in [6.07, 6.45) is 0.294. The zero-order chi connectivity index (χ0) is 24.6. The Morgan fingerprint density at radius 1 is 1.09 bits per heavy atom. The second-order valence-electron chi connectivity index (χ2n) is 7.31. The molecule has 1 saturated heterocycles. The number of primary sulfonamides is 1. The highest BCUT2D eigenvalue weighted by atomic mass is 32.2. The summed E-state index contributed by atoms with van der Waals surface area (Å²) in [5, 5.41) is 5.20. The van der Waals surface area contributed by atoms with Gasteiger partial charge in [-0.05, 0) is 42.5 Å². The fourth-order valence-corrected chi connectivity index (χ4v) is 5.11. The van der Waals surface area contributed by atoms with Gasteiger partial charge < -0.3 is 9.30 Å². The number of benzene rings is 2. The number of nitrogens with two attached hydrogens (primary N) is 1. The highest BCUT2D eigenvalue weighted by molar-refractivity contribution is 7.89. The maximum atomic E-state index is 12.8. The third-order valence-corrected chi connectivity index (χ3v) is 7.07. The average Bonchev–Trinajstić information content (AvgIpc) is 3.31. The Bertz CT molecular complexity index is 1500. The van der Waals surface area contributed by atoms with E-state index in [2.05, 4.69) is 4.99 Å². The molecule has 2 heterocycles. The summed E-state index contributed by atoms with van der Waals surface area (Å²) in [4.78, 5) is 53.8. The van der Waals surface area contributed by atoms with Crippen LogP contribution in [-0.2, 0) is 35.7 Å². The van der Waals surface area contributed by atoms with Crippen LogP contribution >= 0.6 is 11.3 Å². The Labute approximate surface area is 197 Å². The summed E-state index contributed by atoms with van der Waals surface area (Å²) in [6, 6.07) is 9.95. The summed E-state index contributed by atoms with van der Waals surface area (Å²) in [6.45, 7) is -0.255. The lowest BCUT2D eigenvalue weighted by molar-refractivity contribution is -0.141.